The second-order valence-corrected chi connectivity index (χ2v) is 6.66. The molecule has 0 bridgehead atoms. The quantitative estimate of drug-likeness (QED) is 0.450. The molecule has 0 saturated heterocycles. The molecule has 1 aromatic carbocycles. The van der Waals surface area contributed by atoms with Crippen LogP contribution < -0.4 is 17.1 Å². The molecular formula is C7H6BrClN2O7S2. The van der Waals surface area contributed by atoms with Gasteiger partial charge in [0, 0.05) is 0 Å². The van der Waals surface area contributed by atoms with E-state index in [0.29, 0.717) is 6.07 Å². The highest BCUT2D eigenvalue weighted by Crippen LogP contribution is 2.43. The van der Waals surface area contributed by atoms with Gasteiger partial charge in [-0.3, -0.25) is 9.11 Å². The first kappa shape index (κ1) is 19.0. The molecule has 0 aliphatic rings. The summed E-state index contributed by atoms with van der Waals surface area (Å²) in [4.78, 5) is 0.810. The maximum atomic E-state index is 11.2. The van der Waals surface area contributed by atoms with Crippen molar-refractivity contribution in [3.63, 3.8) is 0 Å². The summed E-state index contributed by atoms with van der Waals surface area (Å²) >= 11 is 2.72. The number of nitrogens with zero attached hydrogens (tertiary/aromatic N) is 2. The van der Waals surface area contributed by atoms with Crippen LogP contribution in [0.25, 0.3) is 4.98 Å². The Bertz CT molecular complexity index is 784. The van der Waals surface area contributed by atoms with E-state index in [2.05, 4.69) is 25.6 Å². The Hall–Kier alpha value is -0.970. The van der Waals surface area contributed by atoms with Crippen LogP contribution in [-0.2, 0) is 20.2 Å². The molecule has 0 unspecified atom stereocenters. The van der Waals surface area contributed by atoms with Gasteiger partial charge in [-0.25, -0.2) is 0 Å². The largest absolute Gasteiger partial charge is 1.00 e. The zero-order valence-corrected chi connectivity index (χ0v) is 13.5. The van der Waals surface area contributed by atoms with E-state index < -0.39 is 45.9 Å². The maximum Gasteiger partial charge on any atom is 0.411 e. The Balaban J connectivity index is 0.00000361. The monoisotopic (exact) mass is 408 g/mol. The van der Waals surface area contributed by atoms with Crippen LogP contribution in [0.5, 0.6) is 5.75 Å². The fourth-order valence-corrected chi connectivity index (χ4v) is 3.86. The van der Waals surface area contributed by atoms with E-state index in [1.807, 2.05) is 0 Å². The van der Waals surface area contributed by atoms with Crippen molar-refractivity contribution in [2.45, 2.75) is 9.79 Å². The molecule has 20 heavy (non-hydrogen) atoms. The van der Waals surface area contributed by atoms with Crippen molar-refractivity contribution in [3.05, 3.63) is 15.5 Å². The lowest BCUT2D eigenvalue weighted by Gasteiger charge is -2.08. The van der Waals surface area contributed by atoms with Crippen LogP contribution in [0.1, 0.15) is 0 Å². The molecule has 0 aliphatic carbocycles. The smallest absolute Gasteiger partial charge is 0.411 e. The van der Waals surface area contributed by atoms with Crippen LogP contribution in [0, 0.1) is 5.39 Å². The van der Waals surface area contributed by atoms with E-state index in [4.69, 9.17) is 14.5 Å². The van der Waals surface area contributed by atoms with Crippen LogP contribution in [0.2, 0.25) is 0 Å². The van der Waals surface area contributed by atoms with Crippen LogP contribution in [0.4, 0.5) is 5.69 Å². The Kier molecular flexibility index (Phi) is 5.90. The lowest BCUT2D eigenvalue weighted by atomic mass is 10.3. The van der Waals surface area contributed by atoms with Crippen molar-refractivity contribution >= 4 is 41.9 Å². The first-order valence-corrected chi connectivity index (χ1v) is 7.92. The molecule has 1 rings (SSSR count). The molecule has 0 fully saturated rings. The summed E-state index contributed by atoms with van der Waals surface area (Å²) in [5.41, 5.74) is -0.810. The number of methoxy groups -OCH3 is 1. The molecule has 0 amide bonds. The fourth-order valence-electron chi connectivity index (χ4n) is 1.27. The Labute approximate surface area is 128 Å². The molecule has 0 atom stereocenters. The zero-order chi connectivity index (χ0) is 15.0. The molecule has 0 aromatic heterocycles. The highest BCUT2D eigenvalue weighted by molar-refractivity contribution is 9.10. The van der Waals surface area contributed by atoms with Crippen molar-refractivity contribution in [1.82, 2.24) is 0 Å². The van der Waals surface area contributed by atoms with E-state index in [0.717, 1.165) is 7.11 Å². The van der Waals surface area contributed by atoms with Gasteiger partial charge in [-0.05, 0) is 15.9 Å². The third-order valence-corrected chi connectivity index (χ3v) is 4.81. The fraction of sp³-hybridized carbons (Fsp3) is 0.143. The average Bonchev–Trinajstić information content (AvgIpc) is 2.25. The SMILES string of the molecule is COc1c(Br)c(S(=O)(=O)O)cc([N+]#N)c1S(=O)(=O)O.[Cl-]. The Morgan fingerprint density at radius 1 is 1.25 bits per heavy atom. The van der Waals surface area contributed by atoms with Gasteiger partial charge in [0.1, 0.15) is 4.90 Å². The van der Waals surface area contributed by atoms with E-state index in [9.17, 15) is 16.8 Å². The normalized spacial score (nSPS) is 11.3. The van der Waals surface area contributed by atoms with Gasteiger partial charge in [0.25, 0.3) is 10.1 Å². The standard InChI is InChI=1S/C7H5BrN2O7S2.ClH/c1-17-6-5(8)4(18(11,12)13)2-3(10-9)7(6)19(14,15)16;/h2H,1H3,(H-,11,12,13,14,15,16);1H. The van der Waals surface area contributed by atoms with E-state index in [1.165, 1.54) is 0 Å². The average molecular weight is 410 g/mol. The summed E-state index contributed by atoms with van der Waals surface area (Å²) in [7, 11) is -8.60. The first-order chi connectivity index (χ1) is 8.54. The van der Waals surface area contributed by atoms with Crippen molar-refractivity contribution in [2.24, 2.45) is 0 Å². The van der Waals surface area contributed by atoms with Crippen LogP contribution in [0.3, 0.4) is 0 Å². The van der Waals surface area contributed by atoms with Crippen molar-refractivity contribution in [2.75, 3.05) is 7.11 Å². The molecule has 0 heterocycles. The van der Waals surface area contributed by atoms with Gasteiger partial charge in [0.15, 0.2) is 10.7 Å². The Morgan fingerprint density at radius 3 is 2.05 bits per heavy atom. The summed E-state index contributed by atoms with van der Waals surface area (Å²) in [5.74, 6) is -0.634. The van der Waals surface area contributed by atoms with Crippen molar-refractivity contribution < 1.29 is 43.1 Å². The number of diazo groups is 1. The third kappa shape index (κ3) is 3.57. The summed E-state index contributed by atoms with van der Waals surface area (Å²) in [6.45, 7) is 0. The van der Waals surface area contributed by atoms with E-state index in [1.54, 1.807) is 0 Å². The first-order valence-electron chi connectivity index (χ1n) is 4.24. The number of rotatable bonds is 3. The molecule has 2 N–H and O–H groups in total. The molecule has 1 aromatic rings. The maximum absolute atomic E-state index is 11.2. The number of hydrogen-bond donors (Lipinski definition) is 2. The lowest BCUT2D eigenvalue weighted by molar-refractivity contribution is -0.0000127. The molecule has 112 valence electrons. The van der Waals surface area contributed by atoms with E-state index in [-0.39, 0.29) is 12.4 Å². The lowest BCUT2D eigenvalue weighted by Crippen LogP contribution is -3.00. The number of benzene rings is 1. The zero-order valence-electron chi connectivity index (χ0n) is 9.48. The van der Waals surface area contributed by atoms with Crippen molar-refractivity contribution in [1.29, 1.82) is 5.39 Å². The molecule has 13 heteroatoms. The minimum atomic E-state index is -4.86. The number of hydrogen-bond acceptors (Lipinski definition) is 6. The summed E-state index contributed by atoms with van der Waals surface area (Å²) in [6, 6.07) is 0.547. The second-order valence-electron chi connectivity index (χ2n) is 3.12. The minimum Gasteiger partial charge on any atom is -1.00 e. The molecular weight excluding hydrogens is 404 g/mol. The predicted molar refractivity (Wildman–Crippen MR) is 65.1 cm³/mol. The van der Waals surface area contributed by atoms with E-state index >= 15 is 0 Å². The topological polar surface area (TPSA) is 146 Å². The summed E-state index contributed by atoms with van der Waals surface area (Å²) < 4.78 is 66.7. The van der Waals surface area contributed by atoms with Gasteiger partial charge in [0.2, 0.25) is 10.3 Å². The van der Waals surface area contributed by atoms with Gasteiger partial charge in [-0.1, -0.05) is 0 Å². The predicted octanol–water partition coefficient (Wildman–Crippen LogP) is -1.56. The van der Waals surface area contributed by atoms with Gasteiger partial charge in [-0.2, -0.15) is 16.8 Å². The molecule has 0 aliphatic heterocycles. The Morgan fingerprint density at radius 2 is 1.75 bits per heavy atom. The van der Waals surface area contributed by atoms with Gasteiger partial charge >= 0.3 is 15.8 Å². The summed E-state index contributed by atoms with van der Waals surface area (Å²) in [5, 5.41) is 8.68. The minimum absolute atomic E-state index is 0. The third-order valence-electron chi connectivity index (χ3n) is 1.97. The van der Waals surface area contributed by atoms with Crippen LogP contribution >= 0.6 is 15.9 Å². The molecule has 0 radical (unpaired) electrons. The summed E-state index contributed by atoms with van der Waals surface area (Å²) in [6.07, 6.45) is 0. The van der Waals surface area contributed by atoms with Gasteiger partial charge in [0.05, 0.1) is 17.6 Å². The molecule has 9 nitrogen and oxygen atoms in total. The van der Waals surface area contributed by atoms with Crippen LogP contribution in [0.15, 0.2) is 20.3 Å². The number of ether oxygens (including phenoxy) is 1. The second kappa shape index (κ2) is 6.20. The number of halogens is 2. The molecule has 0 spiro atoms. The highest BCUT2D eigenvalue weighted by Gasteiger charge is 2.36. The highest BCUT2D eigenvalue weighted by atomic mass is 79.9. The van der Waals surface area contributed by atoms with Crippen molar-refractivity contribution in [3.8, 4) is 5.75 Å². The molecule has 0 saturated carbocycles. The van der Waals surface area contributed by atoms with Gasteiger partial charge in [-0.15, -0.1) is 0 Å². The van der Waals surface area contributed by atoms with Gasteiger partial charge < -0.3 is 17.1 Å². The van der Waals surface area contributed by atoms with Crippen LogP contribution in [-0.4, -0.2) is 33.1 Å².